The standard InChI is InChI=1S/C11H11N3O2S/c15-9-3-1-8(2-4-9)5-6-12-11(16)10-7-17-14-13-10/h1-4,7,15H,5-6H2,(H,12,16). The van der Waals surface area contributed by atoms with Crippen LogP contribution < -0.4 is 5.32 Å². The van der Waals surface area contributed by atoms with Gasteiger partial charge in [0, 0.05) is 11.9 Å². The number of amides is 1. The zero-order valence-corrected chi connectivity index (χ0v) is 9.78. The third kappa shape index (κ3) is 3.25. The number of carbonyl (C=O) groups excluding carboxylic acids is 1. The third-order valence-electron chi connectivity index (χ3n) is 2.23. The molecule has 17 heavy (non-hydrogen) atoms. The first-order valence-electron chi connectivity index (χ1n) is 5.09. The van der Waals surface area contributed by atoms with Gasteiger partial charge in [-0.15, -0.1) is 5.10 Å². The van der Waals surface area contributed by atoms with E-state index in [0.29, 0.717) is 18.7 Å². The van der Waals surface area contributed by atoms with Crippen molar-refractivity contribution in [1.29, 1.82) is 0 Å². The lowest BCUT2D eigenvalue weighted by Crippen LogP contribution is -2.25. The maximum absolute atomic E-state index is 11.5. The Hall–Kier alpha value is -1.95. The molecule has 0 spiro atoms. The van der Waals surface area contributed by atoms with Gasteiger partial charge in [0.25, 0.3) is 5.91 Å². The fourth-order valence-corrected chi connectivity index (χ4v) is 1.77. The summed E-state index contributed by atoms with van der Waals surface area (Å²) in [4.78, 5) is 11.5. The molecule has 0 unspecified atom stereocenters. The predicted molar refractivity (Wildman–Crippen MR) is 64.1 cm³/mol. The second kappa shape index (κ2) is 5.40. The van der Waals surface area contributed by atoms with Crippen LogP contribution >= 0.6 is 11.5 Å². The van der Waals surface area contributed by atoms with Crippen molar-refractivity contribution in [1.82, 2.24) is 14.9 Å². The monoisotopic (exact) mass is 249 g/mol. The van der Waals surface area contributed by atoms with Crippen molar-refractivity contribution in [2.24, 2.45) is 0 Å². The molecule has 0 saturated heterocycles. The second-order valence-electron chi connectivity index (χ2n) is 3.46. The van der Waals surface area contributed by atoms with Gasteiger partial charge in [0.2, 0.25) is 0 Å². The largest absolute Gasteiger partial charge is 0.508 e. The average Bonchev–Trinajstić information content (AvgIpc) is 2.85. The van der Waals surface area contributed by atoms with Crippen LogP contribution in [0.1, 0.15) is 16.1 Å². The first-order valence-corrected chi connectivity index (χ1v) is 5.92. The van der Waals surface area contributed by atoms with Crippen molar-refractivity contribution in [3.63, 3.8) is 0 Å². The Bertz CT molecular complexity index is 482. The van der Waals surface area contributed by atoms with Gasteiger partial charge in [-0.1, -0.05) is 16.6 Å². The summed E-state index contributed by atoms with van der Waals surface area (Å²) in [7, 11) is 0. The van der Waals surface area contributed by atoms with Gasteiger partial charge >= 0.3 is 0 Å². The van der Waals surface area contributed by atoms with Crippen LogP contribution in [0.5, 0.6) is 5.75 Å². The van der Waals surface area contributed by atoms with Gasteiger partial charge in [0.15, 0.2) is 5.69 Å². The molecule has 1 amide bonds. The smallest absolute Gasteiger partial charge is 0.272 e. The van der Waals surface area contributed by atoms with E-state index < -0.39 is 0 Å². The van der Waals surface area contributed by atoms with Crippen LogP contribution in [0.2, 0.25) is 0 Å². The van der Waals surface area contributed by atoms with Gasteiger partial charge in [-0.25, -0.2) is 0 Å². The summed E-state index contributed by atoms with van der Waals surface area (Å²) in [5.74, 6) is 0.0314. The van der Waals surface area contributed by atoms with Crippen LogP contribution in [0.15, 0.2) is 29.6 Å². The summed E-state index contributed by atoms with van der Waals surface area (Å²) in [6.45, 7) is 0.529. The van der Waals surface area contributed by atoms with Crippen molar-refractivity contribution in [2.45, 2.75) is 6.42 Å². The van der Waals surface area contributed by atoms with E-state index in [1.54, 1.807) is 17.5 Å². The molecule has 1 aromatic heterocycles. The molecule has 0 atom stereocenters. The van der Waals surface area contributed by atoms with E-state index in [1.165, 1.54) is 0 Å². The maximum atomic E-state index is 11.5. The molecule has 2 rings (SSSR count). The van der Waals surface area contributed by atoms with Gasteiger partial charge in [-0.3, -0.25) is 4.79 Å². The van der Waals surface area contributed by atoms with Crippen molar-refractivity contribution in [3.8, 4) is 5.75 Å². The maximum Gasteiger partial charge on any atom is 0.272 e. The van der Waals surface area contributed by atoms with E-state index in [9.17, 15) is 4.79 Å². The highest BCUT2D eigenvalue weighted by atomic mass is 32.1. The van der Waals surface area contributed by atoms with Crippen LogP contribution in [0.4, 0.5) is 0 Å². The minimum absolute atomic E-state index is 0.211. The number of hydrogen-bond donors (Lipinski definition) is 2. The van der Waals surface area contributed by atoms with Crippen LogP contribution in [-0.2, 0) is 6.42 Å². The number of phenols is 1. The van der Waals surface area contributed by atoms with Crippen LogP contribution in [0, 0.1) is 0 Å². The fourth-order valence-electron chi connectivity index (χ4n) is 1.34. The molecule has 0 bridgehead atoms. The number of nitrogens with one attached hydrogen (secondary N) is 1. The molecule has 1 aromatic carbocycles. The van der Waals surface area contributed by atoms with Gasteiger partial charge in [-0.05, 0) is 35.6 Å². The number of nitrogens with zero attached hydrogens (tertiary/aromatic N) is 2. The Morgan fingerprint density at radius 2 is 2.12 bits per heavy atom. The normalized spacial score (nSPS) is 10.1. The highest BCUT2D eigenvalue weighted by Crippen LogP contribution is 2.09. The Kier molecular flexibility index (Phi) is 3.66. The molecule has 1 heterocycles. The average molecular weight is 249 g/mol. The van der Waals surface area contributed by atoms with E-state index in [4.69, 9.17) is 5.11 Å². The van der Waals surface area contributed by atoms with E-state index in [-0.39, 0.29) is 11.7 Å². The Labute approximate surface area is 102 Å². The highest BCUT2D eigenvalue weighted by Gasteiger charge is 2.07. The van der Waals surface area contributed by atoms with Crippen LogP contribution in [0.25, 0.3) is 0 Å². The summed E-state index contributed by atoms with van der Waals surface area (Å²) >= 11 is 1.15. The summed E-state index contributed by atoms with van der Waals surface area (Å²) in [5.41, 5.74) is 1.40. The number of aromatic nitrogens is 2. The quantitative estimate of drug-likeness (QED) is 0.854. The molecule has 0 radical (unpaired) electrons. The SMILES string of the molecule is O=C(NCCc1ccc(O)cc1)c1csnn1. The van der Waals surface area contributed by atoms with E-state index in [2.05, 4.69) is 14.9 Å². The fraction of sp³-hybridized carbons (Fsp3) is 0.182. The lowest BCUT2D eigenvalue weighted by Gasteiger charge is -2.03. The van der Waals surface area contributed by atoms with Crippen LogP contribution in [0.3, 0.4) is 0 Å². The molecule has 0 aliphatic heterocycles. The number of rotatable bonds is 4. The minimum atomic E-state index is -0.211. The van der Waals surface area contributed by atoms with Crippen LogP contribution in [-0.4, -0.2) is 27.1 Å². The Morgan fingerprint density at radius 3 is 2.76 bits per heavy atom. The highest BCUT2D eigenvalue weighted by molar-refractivity contribution is 7.03. The molecular formula is C11H11N3O2S. The molecule has 5 nitrogen and oxygen atoms in total. The first-order chi connectivity index (χ1) is 8.25. The topological polar surface area (TPSA) is 75.1 Å². The number of benzene rings is 1. The van der Waals surface area contributed by atoms with E-state index >= 15 is 0 Å². The molecule has 88 valence electrons. The zero-order valence-electron chi connectivity index (χ0n) is 8.96. The molecule has 0 aliphatic rings. The second-order valence-corrected chi connectivity index (χ2v) is 4.07. The van der Waals surface area contributed by atoms with Crippen molar-refractivity contribution >= 4 is 17.4 Å². The third-order valence-corrected chi connectivity index (χ3v) is 2.73. The molecule has 2 N–H and O–H groups in total. The van der Waals surface area contributed by atoms with Gasteiger partial charge in [0.05, 0.1) is 0 Å². The number of phenolic OH excluding ortho intramolecular Hbond substituents is 1. The minimum Gasteiger partial charge on any atom is -0.508 e. The van der Waals surface area contributed by atoms with E-state index in [0.717, 1.165) is 17.1 Å². The lowest BCUT2D eigenvalue weighted by molar-refractivity contribution is 0.0949. The van der Waals surface area contributed by atoms with Gasteiger partial charge in [-0.2, -0.15) is 0 Å². The van der Waals surface area contributed by atoms with Crippen molar-refractivity contribution < 1.29 is 9.90 Å². The predicted octanol–water partition coefficient (Wildman–Crippen LogP) is 1.22. The molecule has 6 heteroatoms. The molecule has 0 saturated carbocycles. The molecular weight excluding hydrogens is 238 g/mol. The molecule has 0 fully saturated rings. The lowest BCUT2D eigenvalue weighted by atomic mass is 10.1. The first kappa shape index (κ1) is 11.5. The molecule has 2 aromatic rings. The van der Waals surface area contributed by atoms with E-state index in [1.807, 2.05) is 12.1 Å². The summed E-state index contributed by atoms with van der Waals surface area (Å²) in [5, 5.41) is 17.1. The summed E-state index contributed by atoms with van der Waals surface area (Å²) < 4.78 is 3.62. The van der Waals surface area contributed by atoms with Gasteiger partial charge < -0.3 is 10.4 Å². The van der Waals surface area contributed by atoms with Crippen molar-refractivity contribution in [2.75, 3.05) is 6.54 Å². The summed E-state index contributed by atoms with van der Waals surface area (Å²) in [6.07, 6.45) is 0.712. The number of hydrogen-bond acceptors (Lipinski definition) is 5. The van der Waals surface area contributed by atoms with Crippen molar-refractivity contribution in [3.05, 3.63) is 40.9 Å². The number of carbonyl (C=O) groups is 1. The zero-order chi connectivity index (χ0) is 12.1. The summed E-state index contributed by atoms with van der Waals surface area (Å²) in [6, 6.07) is 6.90. The van der Waals surface area contributed by atoms with Gasteiger partial charge in [0.1, 0.15) is 5.75 Å². The number of aromatic hydroxyl groups is 1. The molecule has 0 aliphatic carbocycles. The Balaban J connectivity index is 1.80. The Morgan fingerprint density at radius 1 is 1.35 bits per heavy atom.